The highest BCUT2D eigenvalue weighted by atomic mass is 32.1. The van der Waals surface area contributed by atoms with Gasteiger partial charge in [0.15, 0.2) is 0 Å². The van der Waals surface area contributed by atoms with Crippen LogP contribution >= 0.6 is 11.3 Å². The van der Waals surface area contributed by atoms with E-state index in [9.17, 15) is 9.59 Å². The molecule has 0 bridgehead atoms. The second-order valence-electron chi connectivity index (χ2n) is 4.00. The van der Waals surface area contributed by atoms with E-state index in [0.717, 1.165) is 0 Å². The zero-order chi connectivity index (χ0) is 13.4. The molecule has 0 radical (unpaired) electrons. The molecule has 3 N–H and O–H groups in total. The summed E-state index contributed by atoms with van der Waals surface area (Å²) in [5, 5.41) is 17.7. The summed E-state index contributed by atoms with van der Waals surface area (Å²) in [5.41, 5.74) is 0.619. The predicted molar refractivity (Wildman–Crippen MR) is 70.6 cm³/mol. The largest absolute Gasteiger partial charge is 0.396 e. The highest BCUT2D eigenvalue weighted by Gasteiger charge is 2.08. The van der Waals surface area contributed by atoms with E-state index in [0.29, 0.717) is 18.5 Å². The zero-order valence-corrected chi connectivity index (χ0v) is 11.1. The van der Waals surface area contributed by atoms with Crippen LogP contribution in [0.25, 0.3) is 0 Å². The van der Waals surface area contributed by atoms with Gasteiger partial charge in [-0.25, -0.2) is 0 Å². The third-order valence-electron chi connectivity index (χ3n) is 2.39. The van der Waals surface area contributed by atoms with Crippen LogP contribution in [0.1, 0.15) is 30.1 Å². The summed E-state index contributed by atoms with van der Waals surface area (Å²) in [5.74, 6) is -0.283. The molecule has 1 aromatic rings. The molecule has 0 aliphatic rings. The van der Waals surface area contributed by atoms with E-state index in [1.165, 1.54) is 11.3 Å². The number of hydrogen-bond acceptors (Lipinski definition) is 4. The standard InChI is InChI=1S/C12H18N2O3S/c1-9(3-6-15)14-11(16)2-5-13-12(17)10-4-7-18-8-10/h4,7-9,15H,2-3,5-6H2,1H3,(H,13,17)(H,14,16). The predicted octanol–water partition coefficient (Wildman–Crippen LogP) is 0.755. The first-order chi connectivity index (χ1) is 8.63. The lowest BCUT2D eigenvalue weighted by Crippen LogP contribution is -2.35. The molecular weight excluding hydrogens is 252 g/mol. The molecule has 0 spiro atoms. The molecular formula is C12H18N2O3S. The van der Waals surface area contributed by atoms with Crippen molar-refractivity contribution >= 4 is 23.2 Å². The third-order valence-corrected chi connectivity index (χ3v) is 3.07. The van der Waals surface area contributed by atoms with Gasteiger partial charge in [0.2, 0.25) is 5.91 Å². The Morgan fingerprint density at radius 2 is 2.28 bits per heavy atom. The number of amides is 2. The normalized spacial score (nSPS) is 11.9. The van der Waals surface area contributed by atoms with Crippen molar-refractivity contribution in [1.82, 2.24) is 10.6 Å². The van der Waals surface area contributed by atoms with Crippen molar-refractivity contribution in [1.29, 1.82) is 0 Å². The van der Waals surface area contributed by atoms with Gasteiger partial charge in [0, 0.05) is 36.6 Å². The van der Waals surface area contributed by atoms with Crippen LogP contribution in [0.2, 0.25) is 0 Å². The minimum Gasteiger partial charge on any atom is -0.396 e. The maximum absolute atomic E-state index is 11.5. The maximum atomic E-state index is 11.5. The summed E-state index contributed by atoms with van der Waals surface area (Å²) < 4.78 is 0. The Bertz CT molecular complexity index is 379. The van der Waals surface area contributed by atoms with E-state index in [1.807, 2.05) is 12.3 Å². The van der Waals surface area contributed by atoms with Crippen molar-refractivity contribution in [2.75, 3.05) is 13.2 Å². The highest BCUT2D eigenvalue weighted by molar-refractivity contribution is 7.08. The number of carbonyl (C=O) groups is 2. The Kier molecular flexibility index (Phi) is 6.38. The minimum atomic E-state index is -0.160. The number of carbonyl (C=O) groups excluding carboxylic acids is 2. The summed E-state index contributed by atoms with van der Waals surface area (Å²) >= 11 is 1.46. The molecule has 0 fully saturated rings. The summed E-state index contributed by atoms with van der Waals surface area (Å²) in [4.78, 5) is 23.0. The fourth-order valence-corrected chi connectivity index (χ4v) is 2.03. The number of thiophene rings is 1. The molecule has 0 aliphatic heterocycles. The molecule has 0 aromatic carbocycles. The van der Waals surface area contributed by atoms with Gasteiger partial charge < -0.3 is 15.7 Å². The third kappa shape index (κ3) is 5.29. The van der Waals surface area contributed by atoms with Gasteiger partial charge in [0.25, 0.3) is 5.91 Å². The lowest BCUT2D eigenvalue weighted by molar-refractivity contribution is -0.121. The number of aliphatic hydroxyl groups excluding tert-OH is 1. The van der Waals surface area contributed by atoms with Crippen LogP contribution in [0.5, 0.6) is 0 Å². The summed E-state index contributed by atoms with van der Waals surface area (Å²) in [6.45, 7) is 2.20. The van der Waals surface area contributed by atoms with E-state index in [-0.39, 0.29) is 30.9 Å². The van der Waals surface area contributed by atoms with Gasteiger partial charge in [-0.15, -0.1) is 0 Å². The minimum absolute atomic E-state index is 0.0462. The van der Waals surface area contributed by atoms with E-state index in [1.54, 1.807) is 11.4 Å². The SMILES string of the molecule is CC(CCO)NC(=O)CCNC(=O)c1ccsc1. The highest BCUT2D eigenvalue weighted by Crippen LogP contribution is 2.05. The van der Waals surface area contributed by atoms with E-state index < -0.39 is 0 Å². The number of rotatable bonds is 7. The fourth-order valence-electron chi connectivity index (χ4n) is 1.40. The second-order valence-corrected chi connectivity index (χ2v) is 4.78. The molecule has 6 heteroatoms. The van der Waals surface area contributed by atoms with Crippen LogP contribution in [-0.4, -0.2) is 36.1 Å². The Hall–Kier alpha value is -1.40. The van der Waals surface area contributed by atoms with Gasteiger partial charge in [-0.1, -0.05) is 0 Å². The van der Waals surface area contributed by atoms with Crippen molar-refractivity contribution in [3.8, 4) is 0 Å². The average Bonchev–Trinajstić information content (AvgIpc) is 2.82. The molecule has 1 heterocycles. The van der Waals surface area contributed by atoms with Gasteiger partial charge >= 0.3 is 0 Å². The first-order valence-corrected chi connectivity index (χ1v) is 6.78. The van der Waals surface area contributed by atoms with Crippen molar-refractivity contribution in [3.63, 3.8) is 0 Å². The number of aliphatic hydroxyl groups is 1. The van der Waals surface area contributed by atoms with Gasteiger partial charge in [0.1, 0.15) is 0 Å². The second kappa shape index (κ2) is 7.84. The molecule has 18 heavy (non-hydrogen) atoms. The first kappa shape index (κ1) is 14.7. The van der Waals surface area contributed by atoms with Crippen molar-refractivity contribution < 1.29 is 14.7 Å². The Labute approximate surface area is 110 Å². The van der Waals surface area contributed by atoms with Gasteiger partial charge in [-0.05, 0) is 24.8 Å². The van der Waals surface area contributed by atoms with E-state index >= 15 is 0 Å². The van der Waals surface area contributed by atoms with Crippen molar-refractivity contribution in [3.05, 3.63) is 22.4 Å². The molecule has 5 nitrogen and oxygen atoms in total. The van der Waals surface area contributed by atoms with Gasteiger partial charge in [-0.2, -0.15) is 11.3 Å². The average molecular weight is 270 g/mol. The lowest BCUT2D eigenvalue weighted by Gasteiger charge is -2.12. The Morgan fingerprint density at radius 1 is 1.50 bits per heavy atom. The monoisotopic (exact) mass is 270 g/mol. The smallest absolute Gasteiger partial charge is 0.252 e. The summed E-state index contributed by atoms with van der Waals surface area (Å²) in [6, 6.07) is 1.69. The Morgan fingerprint density at radius 3 is 2.89 bits per heavy atom. The molecule has 1 atom stereocenters. The summed E-state index contributed by atoms with van der Waals surface area (Å²) in [6.07, 6.45) is 0.776. The zero-order valence-electron chi connectivity index (χ0n) is 10.3. The molecule has 1 aromatic heterocycles. The van der Waals surface area contributed by atoms with Crippen LogP contribution < -0.4 is 10.6 Å². The quantitative estimate of drug-likeness (QED) is 0.684. The van der Waals surface area contributed by atoms with Crippen molar-refractivity contribution in [2.45, 2.75) is 25.8 Å². The molecule has 0 aliphatic carbocycles. The molecule has 1 unspecified atom stereocenters. The first-order valence-electron chi connectivity index (χ1n) is 5.84. The van der Waals surface area contributed by atoms with Crippen LogP contribution in [0.15, 0.2) is 16.8 Å². The summed E-state index contributed by atoms with van der Waals surface area (Å²) in [7, 11) is 0. The van der Waals surface area contributed by atoms with Crippen LogP contribution in [0.3, 0.4) is 0 Å². The topological polar surface area (TPSA) is 78.4 Å². The van der Waals surface area contributed by atoms with E-state index in [2.05, 4.69) is 10.6 Å². The molecule has 2 amide bonds. The van der Waals surface area contributed by atoms with Crippen LogP contribution in [-0.2, 0) is 4.79 Å². The van der Waals surface area contributed by atoms with Crippen LogP contribution in [0.4, 0.5) is 0 Å². The lowest BCUT2D eigenvalue weighted by atomic mass is 10.2. The Balaban J connectivity index is 2.17. The fraction of sp³-hybridized carbons (Fsp3) is 0.500. The molecule has 1 rings (SSSR count). The van der Waals surface area contributed by atoms with E-state index in [4.69, 9.17) is 5.11 Å². The van der Waals surface area contributed by atoms with Gasteiger partial charge in [0.05, 0.1) is 0 Å². The van der Waals surface area contributed by atoms with Crippen molar-refractivity contribution in [2.24, 2.45) is 0 Å². The van der Waals surface area contributed by atoms with Gasteiger partial charge in [-0.3, -0.25) is 9.59 Å². The number of nitrogens with one attached hydrogen (secondary N) is 2. The number of hydrogen-bond donors (Lipinski definition) is 3. The molecule has 100 valence electrons. The molecule has 0 saturated heterocycles. The molecule has 0 saturated carbocycles. The van der Waals surface area contributed by atoms with Crippen LogP contribution in [0, 0.1) is 0 Å². The maximum Gasteiger partial charge on any atom is 0.252 e.